The minimum Gasteiger partial charge on any atom is -0.207 e. The minimum absolute atomic E-state index is 0.218. The van der Waals surface area contributed by atoms with Crippen molar-refractivity contribution in [2.75, 3.05) is 0 Å². The van der Waals surface area contributed by atoms with Gasteiger partial charge < -0.3 is 0 Å². The molecule has 1 aliphatic rings. The zero-order valence-corrected chi connectivity index (χ0v) is 10.9. The molecule has 94 valence electrons. The zero-order chi connectivity index (χ0) is 12.4. The van der Waals surface area contributed by atoms with Gasteiger partial charge in [-0.1, -0.05) is 41.6 Å². The van der Waals surface area contributed by atoms with E-state index in [1.54, 1.807) is 0 Å². The normalized spacial score (nSPS) is 18.6. The van der Waals surface area contributed by atoms with E-state index >= 15 is 0 Å². The smallest absolute Gasteiger partial charge is 0.161 e. The molecule has 0 aromatic heterocycles. The molecular weight excluding hydrogens is 293 g/mol. The molecule has 0 bridgehead atoms. The molecule has 0 aliphatic heterocycles. The van der Waals surface area contributed by atoms with E-state index in [1.165, 1.54) is 12.8 Å². The molecule has 17 heavy (non-hydrogen) atoms. The highest BCUT2D eigenvalue weighted by Crippen LogP contribution is 2.38. The maximum absolute atomic E-state index is 13.5. The summed E-state index contributed by atoms with van der Waals surface area (Å²) in [6.45, 7) is 0. The number of alkyl halides is 1. The third-order valence-electron chi connectivity index (χ3n) is 3.39. The molecule has 1 unspecified atom stereocenters. The molecule has 0 radical (unpaired) electrons. The first-order chi connectivity index (χ1) is 8.08. The monoisotopic (exact) mass is 306 g/mol. The molecule has 0 spiro atoms. The number of hydrogen-bond acceptors (Lipinski definition) is 0. The average Bonchev–Trinajstić information content (AvgIpc) is 2.76. The van der Waals surface area contributed by atoms with Crippen molar-refractivity contribution >= 4 is 15.9 Å². The van der Waals surface area contributed by atoms with Crippen LogP contribution in [0.1, 0.15) is 42.5 Å². The van der Waals surface area contributed by atoms with E-state index in [1.807, 2.05) is 0 Å². The quantitative estimate of drug-likeness (QED) is 0.537. The first kappa shape index (κ1) is 12.9. The second-order valence-electron chi connectivity index (χ2n) is 4.64. The second-order valence-corrected chi connectivity index (χ2v) is 5.75. The Bertz CT molecular complexity index is 400. The first-order valence-electron chi connectivity index (χ1n) is 5.86. The molecule has 0 amide bonds. The van der Waals surface area contributed by atoms with Gasteiger partial charge in [-0.3, -0.25) is 0 Å². The van der Waals surface area contributed by atoms with Crippen LogP contribution in [0, 0.1) is 23.4 Å². The lowest BCUT2D eigenvalue weighted by molar-refractivity contribution is 0.472. The minimum atomic E-state index is -1.13. The summed E-state index contributed by atoms with van der Waals surface area (Å²) in [6.07, 6.45) is 5.50. The van der Waals surface area contributed by atoms with Gasteiger partial charge in [-0.25, -0.2) is 13.2 Å². The summed E-state index contributed by atoms with van der Waals surface area (Å²) >= 11 is 3.38. The Labute approximate surface area is 107 Å². The highest BCUT2D eigenvalue weighted by Gasteiger charge is 2.22. The lowest BCUT2D eigenvalue weighted by Gasteiger charge is -2.16. The Morgan fingerprint density at radius 2 is 1.65 bits per heavy atom. The molecule has 1 aliphatic carbocycles. The second kappa shape index (κ2) is 5.42. The van der Waals surface area contributed by atoms with Gasteiger partial charge in [-0.05, 0) is 18.4 Å². The van der Waals surface area contributed by atoms with Crippen LogP contribution in [0.4, 0.5) is 13.2 Å². The summed E-state index contributed by atoms with van der Waals surface area (Å²) in [5.41, 5.74) is 0.218. The van der Waals surface area contributed by atoms with Crippen LogP contribution in [0.3, 0.4) is 0 Å². The topological polar surface area (TPSA) is 0 Å². The van der Waals surface area contributed by atoms with Crippen LogP contribution < -0.4 is 0 Å². The van der Waals surface area contributed by atoms with Crippen molar-refractivity contribution in [3.63, 3.8) is 0 Å². The van der Waals surface area contributed by atoms with Crippen molar-refractivity contribution in [3.8, 4) is 0 Å². The number of rotatable bonds is 3. The Balaban J connectivity index is 2.12. The van der Waals surface area contributed by atoms with E-state index in [0.717, 1.165) is 25.3 Å². The number of hydrogen-bond donors (Lipinski definition) is 0. The molecule has 4 heteroatoms. The predicted octanol–water partition coefficient (Wildman–Crippen LogP) is 5.12. The summed E-state index contributed by atoms with van der Waals surface area (Å²) < 4.78 is 39.4. The van der Waals surface area contributed by atoms with E-state index in [2.05, 4.69) is 15.9 Å². The summed E-state index contributed by atoms with van der Waals surface area (Å²) in [4.78, 5) is -0.235. The molecule has 1 atom stereocenters. The van der Waals surface area contributed by atoms with Crippen LogP contribution in [0.15, 0.2) is 12.1 Å². The summed E-state index contributed by atoms with van der Waals surface area (Å²) in [6, 6.07) is 1.58. The molecule has 1 saturated carbocycles. The lowest BCUT2D eigenvalue weighted by atomic mass is 9.98. The predicted molar refractivity (Wildman–Crippen MR) is 64.6 cm³/mol. The van der Waals surface area contributed by atoms with Gasteiger partial charge in [-0.2, -0.15) is 0 Å². The Morgan fingerprint density at radius 1 is 1.06 bits per heavy atom. The van der Waals surface area contributed by atoms with Gasteiger partial charge in [0.2, 0.25) is 0 Å². The third kappa shape index (κ3) is 3.03. The maximum atomic E-state index is 13.5. The van der Waals surface area contributed by atoms with Crippen LogP contribution in [-0.2, 0) is 0 Å². The summed E-state index contributed by atoms with van der Waals surface area (Å²) in [7, 11) is 0. The van der Waals surface area contributed by atoms with E-state index in [-0.39, 0.29) is 10.4 Å². The fourth-order valence-electron chi connectivity index (χ4n) is 2.44. The van der Waals surface area contributed by atoms with E-state index in [0.29, 0.717) is 12.0 Å². The molecule has 0 heterocycles. The van der Waals surface area contributed by atoms with Gasteiger partial charge in [0.1, 0.15) is 5.82 Å². The van der Waals surface area contributed by atoms with Crippen molar-refractivity contribution in [1.29, 1.82) is 0 Å². The van der Waals surface area contributed by atoms with Crippen LogP contribution >= 0.6 is 15.9 Å². The molecule has 0 nitrogen and oxygen atoms in total. The van der Waals surface area contributed by atoms with Gasteiger partial charge in [0.25, 0.3) is 0 Å². The number of halogens is 4. The van der Waals surface area contributed by atoms with Crippen LogP contribution in [-0.4, -0.2) is 0 Å². The summed E-state index contributed by atoms with van der Waals surface area (Å²) in [5, 5.41) is 0. The average molecular weight is 307 g/mol. The zero-order valence-electron chi connectivity index (χ0n) is 9.36. The van der Waals surface area contributed by atoms with Crippen LogP contribution in [0.5, 0.6) is 0 Å². The van der Waals surface area contributed by atoms with E-state index < -0.39 is 17.5 Å². The maximum Gasteiger partial charge on any atom is 0.161 e. The Kier molecular flexibility index (Phi) is 4.13. The van der Waals surface area contributed by atoms with Crippen molar-refractivity contribution < 1.29 is 13.2 Å². The Morgan fingerprint density at radius 3 is 2.29 bits per heavy atom. The van der Waals surface area contributed by atoms with E-state index in [9.17, 15) is 13.2 Å². The van der Waals surface area contributed by atoms with Crippen LogP contribution in [0.2, 0.25) is 0 Å². The fourth-order valence-corrected chi connectivity index (χ4v) is 3.32. The van der Waals surface area contributed by atoms with E-state index in [4.69, 9.17) is 0 Å². The molecule has 0 saturated heterocycles. The van der Waals surface area contributed by atoms with Crippen molar-refractivity contribution in [2.24, 2.45) is 5.92 Å². The molecule has 0 N–H and O–H groups in total. The van der Waals surface area contributed by atoms with Crippen molar-refractivity contribution in [1.82, 2.24) is 0 Å². The molecule has 1 fully saturated rings. The summed E-state index contributed by atoms with van der Waals surface area (Å²) in [5.74, 6) is -2.24. The molecule has 1 aromatic carbocycles. The highest BCUT2D eigenvalue weighted by molar-refractivity contribution is 9.09. The fraction of sp³-hybridized carbons (Fsp3) is 0.538. The first-order valence-corrected chi connectivity index (χ1v) is 6.78. The van der Waals surface area contributed by atoms with Crippen molar-refractivity contribution in [2.45, 2.75) is 36.9 Å². The largest absolute Gasteiger partial charge is 0.207 e. The molecule has 1 aromatic rings. The van der Waals surface area contributed by atoms with Crippen LogP contribution in [0.25, 0.3) is 0 Å². The van der Waals surface area contributed by atoms with Gasteiger partial charge >= 0.3 is 0 Å². The Hall–Kier alpha value is -0.510. The third-order valence-corrected chi connectivity index (χ3v) is 4.26. The van der Waals surface area contributed by atoms with Crippen molar-refractivity contribution in [3.05, 3.63) is 35.1 Å². The van der Waals surface area contributed by atoms with Gasteiger partial charge in [-0.15, -0.1) is 0 Å². The van der Waals surface area contributed by atoms with Gasteiger partial charge in [0, 0.05) is 16.5 Å². The van der Waals surface area contributed by atoms with Gasteiger partial charge in [0.15, 0.2) is 11.6 Å². The molecule has 2 rings (SSSR count). The lowest BCUT2D eigenvalue weighted by Crippen LogP contribution is -2.03. The highest BCUT2D eigenvalue weighted by atomic mass is 79.9. The SMILES string of the molecule is Fc1cc(F)c(C(Br)CC2CCCC2)cc1F. The number of benzene rings is 1. The molecular formula is C13H14BrF3. The standard InChI is InChI=1S/C13H14BrF3/c14-10(5-8-3-1-2-4-8)9-6-12(16)13(17)7-11(9)15/h6-8,10H,1-5H2. The van der Waals surface area contributed by atoms with Gasteiger partial charge in [0.05, 0.1) is 0 Å².